The Morgan fingerprint density at radius 2 is 1.00 bits per heavy atom. The summed E-state index contributed by atoms with van der Waals surface area (Å²) in [5, 5.41) is 54.3. The molecule has 0 spiro atoms. The van der Waals surface area contributed by atoms with Gasteiger partial charge in [-0.2, -0.15) is 0 Å². The van der Waals surface area contributed by atoms with Crippen molar-refractivity contribution in [1.82, 2.24) is 5.32 Å². The van der Waals surface area contributed by atoms with Gasteiger partial charge < -0.3 is 40.3 Å². The number of unbranched alkanes of at least 4 members (excludes halogenated alkanes) is 25. The molecule has 330 valence electrons. The van der Waals surface area contributed by atoms with Crippen molar-refractivity contribution in [3.05, 3.63) is 24.3 Å². The van der Waals surface area contributed by atoms with E-state index in [9.17, 15) is 30.3 Å². The van der Waals surface area contributed by atoms with Crippen molar-refractivity contribution in [1.29, 1.82) is 0 Å². The van der Waals surface area contributed by atoms with Crippen LogP contribution in [-0.2, 0) is 14.3 Å². The summed E-state index contributed by atoms with van der Waals surface area (Å²) in [6, 6.07) is -0.733. The highest BCUT2D eigenvalue weighted by Gasteiger charge is 2.44. The number of carbonyl (C=O) groups excluding carboxylic acids is 1. The van der Waals surface area contributed by atoms with Crippen molar-refractivity contribution in [3.8, 4) is 0 Å². The summed E-state index contributed by atoms with van der Waals surface area (Å²) in [4.78, 5) is 13.0. The molecule has 1 aliphatic rings. The van der Waals surface area contributed by atoms with E-state index < -0.39 is 49.5 Å². The van der Waals surface area contributed by atoms with Gasteiger partial charge in [-0.25, -0.2) is 0 Å². The van der Waals surface area contributed by atoms with Gasteiger partial charge >= 0.3 is 0 Å². The maximum atomic E-state index is 13.0. The van der Waals surface area contributed by atoms with Crippen molar-refractivity contribution in [2.75, 3.05) is 13.2 Å². The van der Waals surface area contributed by atoms with E-state index in [0.717, 1.165) is 44.9 Å². The summed E-state index contributed by atoms with van der Waals surface area (Å²) in [5.41, 5.74) is 0. The predicted molar refractivity (Wildman–Crippen MR) is 230 cm³/mol. The Kier molecular flexibility index (Phi) is 35.7. The highest BCUT2D eigenvalue weighted by Crippen LogP contribution is 2.23. The van der Waals surface area contributed by atoms with Crippen molar-refractivity contribution in [3.63, 3.8) is 0 Å². The Morgan fingerprint density at radius 1 is 0.589 bits per heavy atom. The Balaban J connectivity index is 2.32. The van der Waals surface area contributed by atoms with Crippen LogP contribution >= 0.6 is 0 Å². The first-order valence-corrected chi connectivity index (χ1v) is 23.5. The van der Waals surface area contributed by atoms with Crippen LogP contribution in [0.15, 0.2) is 24.3 Å². The zero-order valence-electron chi connectivity index (χ0n) is 36.1. The molecule has 0 aliphatic carbocycles. The number of hydrogen-bond acceptors (Lipinski definition) is 8. The number of aliphatic hydroxyl groups excluding tert-OH is 5. The van der Waals surface area contributed by atoms with Crippen LogP contribution < -0.4 is 5.32 Å². The van der Waals surface area contributed by atoms with Gasteiger partial charge in [-0.3, -0.25) is 4.79 Å². The number of carbonyl (C=O) groups is 1. The molecule has 1 fully saturated rings. The molecular weight excluding hydrogens is 707 g/mol. The second kappa shape index (κ2) is 37.9. The number of amides is 1. The molecule has 9 nitrogen and oxygen atoms in total. The summed E-state index contributed by atoms with van der Waals surface area (Å²) in [6.45, 7) is 3.81. The highest BCUT2D eigenvalue weighted by molar-refractivity contribution is 5.76. The van der Waals surface area contributed by atoms with Crippen molar-refractivity contribution < 1.29 is 39.8 Å². The minimum absolute atomic E-state index is 0.149. The Bertz CT molecular complexity index is 930. The maximum absolute atomic E-state index is 13.0. The molecule has 0 aromatic rings. The third-order valence-corrected chi connectivity index (χ3v) is 11.3. The third-order valence-electron chi connectivity index (χ3n) is 11.3. The molecule has 1 amide bonds. The number of nitrogens with one attached hydrogen (secondary N) is 1. The Labute approximate surface area is 343 Å². The van der Waals surface area contributed by atoms with Gasteiger partial charge in [-0.1, -0.05) is 167 Å². The largest absolute Gasteiger partial charge is 0.394 e. The van der Waals surface area contributed by atoms with Crippen LogP contribution in [0.3, 0.4) is 0 Å². The molecule has 1 rings (SSSR count). The molecule has 6 N–H and O–H groups in total. The lowest BCUT2D eigenvalue weighted by Gasteiger charge is -2.40. The fourth-order valence-corrected chi connectivity index (χ4v) is 7.44. The summed E-state index contributed by atoms with van der Waals surface area (Å²) in [7, 11) is 0. The standard InChI is InChI=1S/C47H89NO8/c1-3-5-7-9-11-13-15-17-19-20-21-22-23-25-27-29-31-33-35-37-43(51)48-40(39-55-47-46(54)45(53)44(52)42(38-49)56-47)41(50)36-34-32-30-28-26-24-18-16-14-12-10-8-6-4-2/h17,19,26,28,40-42,44-47,49-50,52-54H,3-16,18,20-25,27,29-39H2,1-2H3,(H,48,51)/b19-17+,28-26+/t40-,41+,42-,44-,45?,46?,47-/m0/s1. The monoisotopic (exact) mass is 796 g/mol. The maximum Gasteiger partial charge on any atom is 0.220 e. The van der Waals surface area contributed by atoms with Gasteiger partial charge in [-0.15, -0.1) is 0 Å². The van der Waals surface area contributed by atoms with E-state index in [4.69, 9.17) is 9.47 Å². The third kappa shape index (κ3) is 28.2. The molecule has 0 saturated carbocycles. The van der Waals surface area contributed by atoms with E-state index in [2.05, 4.69) is 43.5 Å². The number of hydrogen-bond donors (Lipinski definition) is 6. The molecule has 56 heavy (non-hydrogen) atoms. The van der Waals surface area contributed by atoms with Gasteiger partial charge in [0, 0.05) is 6.42 Å². The van der Waals surface area contributed by atoms with Crippen molar-refractivity contribution in [2.45, 2.75) is 256 Å². The predicted octanol–water partition coefficient (Wildman–Crippen LogP) is 9.89. The zero-order valence-corrected chi connectivity index (χ0v) is 36.1. The van der Waals surface area contributed by atoms with E-state index in [1.807, 2.05) is 0 Å². The molecule has 0 aromatic carbocycles. The summed E-state index contributed by atoms with van der Waals surface area (Å²) < 4.78 is 11.2. The van der Waals surface area contributed by atoms with Gasteiger partial charge in [0.2, 0.25) is 5.91 Å². The van der Waals surface area contributed by atoms with E-state index in [1.54, 1.807) is 0 Å². The molecule has 0 bridgehead atoms. The normalized spacial score (nSPS) is 21.3. The van der Waals surface area contributed by atoms with Gasteiger partial charge in [0.1, 0.15) is 24.4 Å². The molecule has 7 atom stereocenters. The van der Waals surface area contributed by atoms with Gasteiger partial charge in [0.25, 0.3) is 0 Å². The smallest absolute Gasteiger partial charge is 0.220 e. The molecule has 0 radical (unpaired) electrons. The average Bonchev–Trinajstić information content (AvgIpc) is 3.20. The van der Waals surface area contributed by atoms with E-state index in [1.165, 1.54) is 141 Å². The van der Waals surface area contributed by atoms with Gasteiger partial charge in [0.15, 0.2) is 6.29 Å². The molecule has 1 heterocycles. The molecule has 1 saturated heterocycles. The summed E-state index contributed by atoms with van der Waals surface area (Å²) in [6.07, 6.45) is 37.6. The zero-order chi connectivity index (χ0) is 40.9. The van der Waals surface area contributed by atoms with Crippen molar-refractivity contribution >= 4 is 5.91 Å². The first-order chi connectivity index (χ1) is 27.3. The molecular formula is C47H89NO8. The lowest BCUT2D eigenvalue weighted by molar-refractivity contribution is -0.302. The van der Waals surface area contributed by atoms with Crippen LogP contribution in [0.25, 0.3) is 0 Å². The fourth-order valence-electron chi connectivity index (χ4n) is 7.44. The van der Waals surface area contributed by atoms with E-state index in [0.29, 0.717) is 12.8 Å². The number of ether oxygens (including phenoxy) is 2. The quantitative estimate of drug-likeness (QED) is 0.0266. The summed E-state index contributed by atoms with van der Waals surface area (Å²) >= 11 is 0. The Hall–Kier alpha value is -1.33. The lowest BCUT2D eigenvalue weighted by Crippen LogP contribution is -2.60. The van der Waals surface area contributed by atoms with Crippen LogP contribution in [0.4, 0.5) is 0 Å². The lowest BCUT2D eigenvalue weighted by atomic mass is 9.99. The van der Waals surface area contributed by atoms with Gasteiger partial charge in [-0.05, 0) is 64.2 Å². The Morgan fingerprint density at radius 3 is 1.45 bits per heavy atom. The molecule has 9 heteroatoms. The van der Waals surface area contributed by atoms with Crippen LogP contribution in [0.5, 0.6) is 0 Å². The number of allylic oxidation sites excluding steroid dienone is 4. The topological polar surface area (TPSA) is 149 Å². The van der Waals surface area contributed by atoms with Crippen LogP contribution in [-0.4, -0.2) is 87.5 Å². The molecule has 1 aliphatic heterocycles. The van der Waals surface area contributed by atoms with Crippen molar-refractivity contribution in [2.24, 2.45) is 0 Å². The summed E-state index contributed by atoms with van der Waals surface area (Å²) in [5.74, 6) is -0.156. The van der Waals surface area contributed by atoms with Crippen LogP contribution in [0, 0.1) is 0 Å². The van der Waals surface area contributed by atoms with Crippen LogP contribution in [0.2, 0.25) is 0 Å². The molecule has 0 aromatic heterocycles. The first kappa shape index (κ1) is 52.7. The highest BCUT2D eigenvalue weighted by atomic mass is 16.7. The fraction of sp³-hybridized carbons (Fsp3) is 0.894. The second-order valence-corrected chi connectivity index (χ2v) is 16.5. The molecule has 2 unspecified atom stereocenters. The van der Waals surface area contributed by atoms with E-state index in [-0.39, 0.29) is 12.5 Å². The SMILES string of the molecule is CCCCCCCC/C=C/CCCCCCCCCCCC(=O)N[C@@H](CO[C@H]1O[C@@H](CO)[C@H](O)C(O)C1O)[C@H](O)CCCC/C=C/CCCCCCCCCC. The van der Waals surface area contributed by atoms with Crippen LogP contribution in [0.1, 0.15) is 213 Å². The number of rotatable bonds is 39. The minimum Gasteiger partial charge on any atom is -0.394 e. The minimum atomic E-state index is -1.56. The van der Waals surface area contributed by atoms with Gasteiger partial charge in [0.05, 0.1) is 25.4 Å². The average molecular weight is 796 g/mol. The second-order valence-electron chi connectivity index (χ2n) is 16.5. The van der Waals surface area contributed by atoms with E-state index >= 15 is 0 Å². The first-order valence-electron chi connectivity index (χ1n) is 23.5. The number of aliphatic hydroxyl groups is 5.